The van der Waals surface area contributed by atoms with Crippen LogP contribution >= 0.6 is 23.1 Å². The smallest absolute Gasteiger partial charge is 0.266 e. The minimum Gasteiger partial charge on any atom is -0.266 e. The van der Waals surface area contributed by atoms with Crippen molar-refractivity contribution in [2.24, 2.45) is 4.99 Å². The van der Waals surface area contributed by atoms with Crippen molar-refractivity contribution in [3.05, 3.63) is 42.2 Å². The van der Waals surface area contributed by atoms with Crippen molar-refractivity contribution in [3.8, 4) is 0 Å². The number of nitrogens with zero attached hydrogens (tertiary/aromatic N) is 3. The first kappa shape index (κ1) is 12.3. The lowest BCUT2D eigenvalue weighted by Gasteiger charge is -2.05. The lowest BCUT2D eigenvalue weighted by molar-refractivity contribution is -0.410. The van der Waals surface area contributed by atoms with E-state index in [-0.39, 0.29) is 9.95 Å². The highest BCUT2D eigenvalue weighted by Gasteiger charge is 2.18. The van der Waals surface area contributed by atoms with Crippen molar-refractivity contribution in [3.63, 3.8) is 0 Å². The number of fused-ring (bicyclic) bond motifs is 1. The number of thiazole rings is 1. The van der Waals surface area contributed by atoms with Gasteiger partial charge in [0.2, 0.25) is 0 Å². The molecule has 0 unspecified atom stereocenters. The fourth-order valence-corrected chi connectivity index (χ4v) is 3.63. The molecule has 0 amide bonds. The third-order valence-electron chi connectivity index (χ3n) is 2.65. The SMILES string of the molecule is O=[N+]([O-])C1=CC=C(c2nc3c(s2)=CCC=NC=3)CS1. The number of hydrogen-bond acceptors (Lipinski definition) is 6. The van der Waals surface area contributed by atoms with E-state index >= 15 is 0 Å². The van der Waals surface area contributed by atoms with Crippen molar-refractivity contribution < 1.29 is 4.92 Å². The maximum Gasteiger partial charge on any atom is 0.303 e. The molecule has 0 saturated heterocycles. The number of aliphatic imine (C=N–C) groups is 1. The van der Waals surface area contributed by atoms with Crippen LogP contribution in [-0.2, 0) is 0 Å². The van der Waals surface area contributed by atoms with Crippen LogP contribution in [0.25, 0.3) is 17.8 Å². The Kier molecular flexibility index (Phi) is 3.31. The van der Waals surface area contributed by atoms with E-state index in [1.165, 1.54) is 11.8 Å². The van der Waals surface area contributed by atoms with Gasteiger partial charge in [0.1, 0.15) is 5.01 Å². The molecule has 0 aromatic carbocycles. The van der Waals surface area contributed by atoms with Gasteiger partial charge in [-0.2, -0.15) is 0 Å². The third-order valence-corrected chi connectivity index (χ3v) is 4.83. The molecule has 19 heavy (non-hydrogen) atoms. The van der Waals surface area contributed by atoms with Crippen molar-refractivity contribution in [2.45, 2.75) is 6.42 Å². The van der Waals surface area contributed by atoms with Crippen LogP contribution in [0.1, 0.15) is 11.4 Å². The molecule has 3 heterocycles. The van der Waals surface area contributed by atoms with Gasteiger partial charge in [-0.25, -0.2) is 4.98 Å². The first-order chi connectivity index (χ1) is 9.24. The molecule has 0 saturated carbocycles. The quantitative estimate of drug-likeness (QED) is 0.610. The van der Waals surface area contributed by atoms with E-state index in [0.29, 0.717) is 5.75 Å². The van der Waals surface area contributed by atoms with E-state index in [2.05, 4.69) is 16.1 Å². The molecule has 5 nitrogen and oxygen atoms in total. The van der Waals surface area contributed by atoms with Gasteiger partial charge in [0.25, 0.3) is 0 Å². The van der Waals surface area contributed by atoms with Gasteiger partial charge in [-0.05, 0) is 23.4 Å². The molecule has 0 N–H and O–H groups in total. The summed E-state index contributed by atoms with van der Waals surface area (Å²) >= 11 is 2.84. The van der Waals surface area contributed by atoms with Gasteiger partial charge in [0, 0.05) is 24.5 Å². The van der Waals surface area contributed by atoms with Gasteiger partial charge < -0.3 is 0 Å². The highest BCUT2D eigenvalue weighted by Crippen LogP contribution is 2.29. The van der Waals surface area contributed by atoms with E-state index in [1.807, 2.05) is 6.21 Å². The molecule has 3 rings (SSSR count). The van der Waals surface area contributed by atoms with Crippen LogP contribution in [0.3, 0.4) is 0 Å². The number of aromatic nitrogens is 1. The standard InChI is InChI=1S/C12H9N3O2S2/c16-15(17)11-4-3-8(7-18-11)12-14-9-6-13-5-1-2-10(9)19-12/h2-6H,1,7H2. The molecule has 96 valence electrons. The van der Waals surface area contributed by atoms with Gasteiger partial charge in [0.15, 0.2) is 0 Å². The maximum absolute atomic E-state index is 10.6. The van der Waals surface area contributed by atoms with Crippen molar-refractivity contribution in [1.29, 1.82) is 0 Å². The zero-order chi connectivity index (χ0) is 13.2. The number of allylic oxidation sites excluding steroid dienone is 2. The summed E-state index contributed by atoms with van der Waals surface area (Å²) < 4.78 is 1.11. The fraction of sp³-hybridized carbons (Fsp3) is 0.167. The average Bonchev–Trinajstić information content (AvgIpc) is 2.70. The molecule has 0 radical (unpaired) electrons. The molecular weight excluding hydrogens is 282 g/mol. The van der Waals surface area contributed by atoms with Crippen LogP contribution < -0.4 is 9.88 Å². The molecule has 1 aromatic heterocycles. The minimum atomic E-state index is -0.356. The third kappa shape index (κ3) is 2.52. The monoisotopic (exact) mass is 291 g/mol. The molecule has 1 aromatic rings. The molecule has 0 spiro atoms. The zero-order valence-corrected chi connectivity index (χ0v) is 11.4. The summed E-state index contributed by atoms with van der Waals surface area (Å²) in [6.07, 6.45) is 9.84. The van der Waals surface area contributed by atoms with Crippen LogP contribution in [0.5, 0.6) is 0 Å². The Labute approximate surface area is 116 Å². The number of thioether (sulfide) groups is 1. The second-order valence-electron chi connectivity index (χ2n) is 3.91. The van der Waals surface area contributed by atoms with Crippen molar-refractivity contribution >= 4 is 47.2 Å². The number of hydrogen-bond donors (Lipinski definition) is 0. The molecule has 0 bridgehead atoms. The van der Waals surface area contributed by atoms with Gasteiger partial charge in [0.05, 0.1) is 21.0 Å². The number of rotatable bonds is 2. The highest BCUT2D eigenvalue weighted by molar-refractivity contribution is 8.03. The summed E-state index contributed by atoms with van der Waals surface area (Å²) in [6.45, 7) is 0. The molecule has 2 aliphatic heterocycles. The van der Waals surface area contributed by atoms with E-state index in [4.69, 9.17) is 0 Å². The first-order valence-electron chi connectivity index (χ1n) is 5.61. The summed E-state index contributed by atoms with van der Waals surface area (Å²) in [6, 6.07) is 0. The second kappa shape index (κ2) is 5.10. The normalized spacial score (nSPS) is 17.5. The average molecular weight is 291 g/mol. The molecular formula is C12H9N3O2S2. The highest BCUT2D eigenvalue weighted by atomic mass is 32.2. The summed E-state index contributed by atoms with van der Waals surface area (Å²) in [5.74, 6) is 0.586. The lowest BCUT2D eigenvalue weighted by atomic mass is 10.3. The van der Waals surface area contributed by atoms with E-state index in [0.717, 1.165) is 26.9 Å². The fourth-order valence-electron chi connectivity index (χ4n) is 1.73. The molecule has 0 atom stereocenters. The molecule has 2 aliphatic rings. The van der Waals surface area contributed by atoms with Gasteiger partial charge in [-0.15, -0.1) is 11.3 Å². The molecule has 7 heteroatoms. The predicted octanol–water partition coefficient (Wildman–Crippen LogP) is 1.38. The Bertz CT molecular complexity index is 744. The number of nitro groups is 1. The van der Waals surface area contributed by atoms with Crippen LogP contribution in [-0.4, -0.2) is 21.9 Å². The van der Waals surface area contributed by atoms with Crippen LogP contribution in [0.2, 0.25) is 0 Å². The van der Waals surface area contributed by atoms with Gasteiger partial charge >= 0.3 is 5.03 Å². The van der Waals surface area contributed by atoms with Gasteiger partial charge in [-0.1, -0.05) is 6.08 Å². The maximum atomic E-state index is 10.6. The van der Waals surface area contributed by atoms with Crippen molar-refractivity contribution in [1.82, 2.24) is 4.98 Å². The lowest BCUT2D eigenvalue weighted by Crippen LogP contribution is -2.19. The molecule has 0 aliphatic carbocycles. The van der Waals surface area contributed by atoms with Gasteiger partial charge in [-0.3, -0.25) is 15.1 Å². The topological polar surface area (TPSA) is 68.4 Å². The predicted molar refractivity (Wildman–Crippen MR) is 78.9 cm³/mol. The Balaban J connectivity index is 1.99. The largest absolute Gasteiger partial charge is 0.303 e. The van der Waals surface area contributed by atoms with E-state index in [9.17, 15) is 10.1 Å². The molecule has 0 fully saturated rings. The van der Waals surface area contributed by atoms with Crippen LogP contribution in [0.4, 0.5) is 0 Å². The summed E-state index contributed by atoms with van der Waals surface area (Å²) in [5, 5.41) is 12.6. The van der Waals surface area contributed by atoms with E-state index < -0.39 is 0 Å². The second-order valence-corrected chi connectivity index (χ2v) is 5.94. The zero-order valence-electron chi connectivity index (χ0n) is 9.78. The van der Waals surface area contributed by atoms with Crippen LogP contribution in [0.15, 0.2) is 22.2 Å². The Hall–Kier alpha value is -1.73. The Morgan fingerprint density at radius 3 is 3.00 bits per heavy atom. The van der Waals surface area contributed by atoms with Crippen LogP contribution in [0, 0.1) is 10.1 Å². The summed E-state index contributed by atoms with van der Waals surface area (Å²) in [5.41, 5.74) is 1.03. The summed E-state index contributed by atoms with van der Waals surface area (Å²) in [7, 11) is 0. The minimum absolute atomic E-state index is 0.185. The Morgan fingerprint density at radius 2 is 2.26 bits per heavy atom. The summed E-state index contributed by atoms with van der Waals surface area (Å²) in [4.78, 5) is 19.0. The van der Waals surface area contributed by atoms with E-state index in [1.54, 1.807) is 29.7 Å². The Morgan fingerprint density at radius 1 is 1.37 bits per heavy atom. The first-order valence-corrected chi connectivity index (χ1v) is 7.41. The van der Waals surface area contributed by atoms with Crippen molar-refractivity contribution in [2.75, 3.05) is 5.75 Å².